The van der Waals surface area contributed by atoms with E-state index in [1.54, 1.807) is 12.1 Å². The number of rotatable bonds is 2. The van der Waals surface area contributed by atoms with Crippen LogP contribution < -0.4 is 16.4 Å². The standard InChI is InChI=1S/C12H15N3O2/c1-7(13)11(16)15-12(17)9-3-2-8-4-5-14-10(8)6-9/h2-3,6-7,14H,4-5,13H2,1H3,(H,15,16,17)/t7-/m1/s1. The Balaban J connectivity index is 2.12. The summed E-state index contributed by atoms with van der Waals surface area (Å²) in [4.78, 5) is 23.0. The second-order valence-corrected chi connectivity index (χ2v) is 4.16. The van der Waals surface area contributed by atoms with E-state index in [1.165, 1.54) is 12.5 Å². The monoisotopic (exact) mass is 233 g/mol. The normalized spacial score (nSPS) is 14.7. The molecule has 0 radical (unpaired) electrons. The summed E-state index contributed by atoms with van der Waals surface area (Å²) in [5, 5.41) is 5.44. The lowest BCUT2D eigenvalue weighted by Crippen LogP contribution is -2.41. The van der Waals surface area contributed by atoms with E-state index < -0.39 is 17.9 Å². The van der Waals surface area contributed by atoms with E-state index in [1.807, 2.05) is 6.07 Å². The number of fused-ring (bicyclic) bond motifs is 1. The van der Waals surface area contributed by atoms with E-state index in [9.17, 15) is 9.59 Å². The summed E-state index contributed by atoms with van der Waals surface area (Å²) < 4.78 is 0. The Morgan fingerprint density at radius 3 is 2.94 bits per heavy atom. The first-order valence-electron chi connectivity index (χ1n) is 5.55. The summed E-state index contributed by atoms with van der Waals surface area (Å²) in [6, 6.07) is 4.69. The van der Waals surface area contributed by atoms with Crippen molar-refractivity contribution in [2.24, 2.45) is 5.73 Å². The molecule has 4 N–H and O–H groups in total. The maximum atomic E-state index is 11.7. The van der Waals surface area contributed by atoms with Gasteiger partial charge in [0.15, 0.2) is 0 Å². The van der Waals surface area contributed by atoms with Crippen LogP contribution in [0.15, 0.2) is 18.2 Å². The van der Waals surface area contributed by atoms with E-state index in [4.69, 9.17) is 5.73 Å². The van der Waals surface area contributed by atoms with Gasteiger partial charge in [-0.1, -0.05) is 6.07 Å². The van der Waals surface area contributed by atoms with Gasteiger partial charge in [0.1, 0.15) is 0 Å². The van der Waals surface area contributed by atoms with Crippen molar-refractivity contribution in [1.82, 2.24) is 5.32 Å². The molecular weight excluding hydrogens is 218 g/mol. The number of carbonyl (C=O) groups is 2. The van der Waals surface area contributed by atoms with Crippen molar-refractivity contribution in [3.63, 3.8) is 0 Å². The zero-order valence-corrected chi connectivity index (χ0v) is 9.62. The number of benzene rings is 1. The van der Waals surface area contributed by atoms with E-state index >= 15 is 0 Å². The summed E-state index contributed by atoms with van der Waals surface area (Å²) in [7, 11) is 0. The third kappa shape index (κ3) is 2.45. The van der Waals surface area contributed by atoms with E-state index in [0.29, 0.717) is 5.56 Å². The lowest BCUT2D eigenvalue weighted by atomic mass is 10.1. The molecule has 0 aliphatic carbocycles. The molecule has 1 aromatic carbocycles. The van der Waals surface area contributed by atoms with E-state index in [0.717, 1.165) is 18.7 Å². The smallest absolute Gasteiger partial charge is 0.257 e. The minimum atomic E-state index is -0.688. The highest BCUT2D eigenvalue weighted by Crippen LogP contribution is 2.23. The predicted molar refractivity (Wildman–Crippen MR) is 64.8 cm³/mol. The molecule has 1 aliphatic heterocycles. The van der Waals surface area contributed by atoms with Crippen LogP contribution in [0.25, 0.3) is 0 Å². The van der Waals surface area contributed by atoms with Crippen molar-refractivity contribution in [1.29, 1.82) is 0 Å². The molecule has 0 bridgehead atoms. The molecule has 1 atom stereocenters. The van der Waals surface area contributed by atoms with Crippen LogP contribution in [0.4, 0.5) is 5.69 Å². The van der Waals surface area contributed by atoms with Crippen LogP contribution in [0, 0.1) is 0 Å². The van der Waals surface area contributed by atoms with Gasteiger partial charge in [-0.05, 0) is 31.0 Å². The van der Waals surface area contributed by atoms with Gasteiger partial charge in [-0.2, -0.15) is 0 Å². The van der Waals surface area contributed by atoms with Crippen molar-refractivity contribution in [3.8, 4) is 0 Å². The number of imide groups is 1. The zero-order valence-electron chi connectivity index (χ0n) is 9.62. The van der Waals surface area contributed by atoms with E-state index in [2.05, 4.69) is 10.6 Å². The molecule has 90 valence electrons. The predicted octanol–water partition coefficient (Wildman–Crippen LogP) is 0.258. The van der Waals surface area contributed by atoms with Gasteiger partial charge in [0, 0.05) is 17.8 Å². The molecule has 0 saturated heterocycles. The Hall–Kier alpha value is -1.88. The van der Waals surface area contributed by atoms with E-state index in [-0.39, 0.29) is 0 Å². The largest absolute Gasteiger partial charge is 0.384 e. The molecule has 1 aromatic rings. The molecule has 0 aromatic heterocycles. The van der Waals surface area contributed by atoms with Gasteiger partial charge in [-0.3, -0.25) is 14.9 Å². The minimum absolute atomic E-state index is 0.413. The number of hydrogen-bond acceptors (Lipinski definition) is 4. The van der Waals surface area contributed by atoms with Crippen molar-refractivity contribution in [2.45, 2.75) is 19.4 Å². The molecule has 5 nitrogen and oxygen atoms in total. The molecule has 2 rings (SSSR count). The lowest BCUT2D eigenvalue weighted by molar-refractivity contribution is -0.121. The average Bonchev–Trinajstić information content (AvgIpc) is 2.75. The van der Waals surface area contributed by atoms with Gasteiger partial charge in [0.05, 0.1) is 6.04 Å². The van der Waals surface area contributed by atoms with Gasteiger partial charge in [-0.25, -0.2) is 0 Å². The average molecular weight is 233 g/mol. The SMILES string of the molecule is C[C@@H](N)C(=O)NC(=O)c1ccc2c(c1)NCC2. The summed E-state index contributed by atoms with van der Waals surface area (Å²) >= 11 is 0. The summed E-state index contributed by atoms with van der Waals surface area (Å²) in [5.41, 5.74) is 8.00. The highest BCUT2D eigenvalue weighted by Gasteiger charge is 2.16. The van der Waals surface area contributed by atoms with Crippen LogP contribution in [0.2, 0.25) is 0 Å². The first kappa shape index (κ1) is 11.6. The highest BCUT2D eigenvalue weighted by atomic mass is 16.2. The molecule has 1 aliphatic rings. The van der Waals surface area contributed by atoms with Crippen molar-refractivity contribution in [3.05, 3.63) is 29.3 Å². The van der Waals surface area contributed by atoms with Crippen LogP contribution in [-0.2, 0) is 11.2 Å². The van der Waals surface area contributed by atoms with Crippen LogP contribution >= 0.6 is 0 Å². The maximum Gasteiger partial charge on any atom is 0.257 e. The van der Waals surface area contributed by atoms with Gasteiger partial charge in [-0.15, -0.1) is 0 Å². The molecule has 2 amide bonds. The number of nitrogens with one attached hydrogen (secondary N) is 2. The number of hydrogen-bond donors (Lipinski definition) is 3. The topological polar surface area (TPSA) is 84.2 Å². The Labute approximate surface area is 99.4 Å². The van der Waals surface area contributed by atoms with Crippen LogP contribution in [0.3, 0.4) is 0 Å². The molecule has 0 unspecified atom stereocenters. The quantitative estimate of drug-likeness (QED) is 0.684. The Morgan fingerprint density at radius 1 is 1.47 bits per heavy atom. The fraction of sp³-hybridized carbons (Fsp3) is 0.333. The Bertz CT molecular complexity index is 469. The highest BCUT2D eigenvalue weighted by molar-refractivity contribution is 6.06. The molecule has 1 heterocycles. The van der Waals surface area contributed by atoms with Crippen LogP contribution in [0.1, 0.15) is 22.8 Å². The first-order valence-corrected chi connectivity index (χ1v) is 5.55. The summed E-state index contributed by atoms with van der Waals surface area (Å²) in [5.74, 6) is -0.882. The van der Waals surface area contributed by atoms with Crippen molar-refractivity contribution < 1.29 is 9.59 Å². The molecular formula is C12H15N3O2. The van der Waals surface area contributed by atoms with Gasteiger partial charge in [0.2, 0.25) is 5.91 Å². The molecule has 5 heteroatoms. The van der Waals surface area contributed by atoms with Crippen LogP contribution in [0.5, 0.6) is 0 Å². The second-order valence-electron chi connectivity index (χ2n) is 4.16. The number of carbonyl (C=O) groups excluding carboxylic acids is 2. The molecule has 0 spiro atoms. The van der Waals surface area contributed by atoms with Crippen molar-refractivity contribution in [2.75, 3.05) is 11.9 Å². The minimum Gasteiger partial charge on any atom is -0.384 e. The Kier molecular flexibility index (Phi) is 3.10. The molecule has 0 fully saturated rings. The fourth-order valence-electron chi connectivity index (χ4n) is 1.73. The van der Waals surface area contributed by atoms with Crippen molar-refractivity contribution >= 4 is 17.5 Å². The maximum absolute atomic E-state index is 11.7. The fourth-order valence-corrected chi connectivity index (χ4v) is 1.73. The third-order valence-corrected chi connectivity index (χ3v) is 2.73. The number of anilines is 1. The van der Waals surface area contributed by atoms with Gasteiger partial charge >= 0.3 is 0 Å². The lowest BCUT2D eigenvalue weighted by Gasteiger charge is -2.07. The van der Waals surface area contributed by atoms with Gasteiger partial charge in [0.25, 0.3) is 5.91 Å². The number of amides is 2. The van der Waals surface area contributed by atoms with Crippen LogP contribution in [-0.4, -0.2) is 24.4 Å². The summed E-state index contributed by atoms with van der Waals surface area (Å²) in [6.45, 7) is 2.42. The first-order chi connectivity index (χ1) is 8.08. The molecule has 0 saturated carbocycles. The number of nitrogens with two attached hydrogens (primary N) is 1. The van der Waals surface area contributed by atoms with Gasteiger partial charge < -0.3 is 11.1 Å². The third-order valence-electron chi connectivity index (χ3n) is 2.73. The summed E-state index contributed by atoms with van der Waals surface area (Å²) in [6.07, 6.45) is 0.968. The molecule has 17 heavy (non-hydrogen) atoms. The Morgan fingerprint density at radius 2 is 2.24 bits per heavy atom. The second kappa shape index (κ2) is 4.55. The zero-order chi connectivity index (χ0) is 12.4.